The number of halogens is 2. The first-order chi connectivity index (χ1) is 13.2. The van der Waals surface area contributed by atoms with Gasteiger partial charge >= 0.3 is 0 Å². The van der Waals surface area contributed by atoms with E-state index in [4.69, 9.17) is 23.2 Å². The van der Waals surface area contributed by atoms with Crippen molar-refractivity contribution in [2.75, 3.05) is 11.5 Å². The molecular formula is C18H16Cl2N2O5S. The van der Waals surface area contributed by atoms with E-state index in [2.05, 4.69) is 0 Å². The molecule has 0 aromatic heterocycles. The van der Waals surface area contributed by atoms with Crippen LogP contribution >= 0.6 is 23.2 Å². The van der Waals surface area contributed by atoms with Gasteiger partial charge in [-0.15, -0.1) is 0 Å². The Hall–Kier alpha value is -2.16. The normalized spacial score (nSPS) is 18.0. The van der Waals surface area contributed by atoms with Gasteiger partial charge in [-0.2, -0.15) is 0 Å². The van der Waals surface area contributed by atoms with Crippen LogP contribution in [0.1, 0.15) is 22.3 Å². The Balaban J connectivity index is 1.99. The summed E-state index contributed by atoms with van der Waals surface area (Å²) in [5.74, 6) is -0.675. The molecular weight excluding hydrogens is 427 g/mol. The SMILES string of the molecule is O=C(c1ccc(Cl)c([N+](=O)[O-])c1)N(Cc1ccccc1Cl)[C@@H]1CCS(=O)(=O)C1. The monoisotopic (exact) mass is 442 g/mol. The lowest BCUT2D eigenvalue weighted by Crippen LogP contribution is -2.40. The third-order valence-corrected chi connectivity index (χ3v) is 7.04. The van der Waals surface area contributed by atoms with Crippen molar-refractivity contribution in [1.29, 1.82) is 0 Å². The van der Waals surface area contributed by atoms with Crippen LogP contribution in [0.25, 0.3) is 0 Å². The van der Waals surface area contributed by atoms with Crippen LogP contribution in [-0.4, -0.2) is 41.7 Å². The van der Waals surface area contributed by atoms with Gasteiger partial charge in [0.1, 0.15) is 5.02 Å². The highest BCUT2D eigenvalue weighted by Gasteiger charge is 2.35. The number of amides is 1. The second kappa shape index (κ2) is 8.06. The third kappa shape index (κ3) is 4.45. The largest absolute Gasteiger partial charge is 0.330 e. The number of carbonyl (C=O) groups excluding carboxylic acids is 1. The lowest BCUT2D eigenvalue weighted by molar-refractivity contribution is -0.384. The molecule has 1 heterocycles. The topological polar surface area (TPSA) is 97.6 Å². The summed E-state index contributed by atoms with van der Waals surface area (Å²) in [5.41, 5.74) is 0.335. The molecule has 1 saturated heterocycles. The summed E-state index contributed by atoms with van der Waals surface area (Å²) in [5, 5.41) is 11.5. The molecule has 28 heavy (non-hydrogen) atoms. The molecule has 0 bridgehead atoms. The maximum Gasteiger partial charge on any atom is 0.288 e. The maximum atomic E-state index is 13.2. The minimum absolute atomic E-state index is 0.00919. The Morgan fingerprint density at radius 1 is 1.18 bits per heavy atom. The Morgan fingerprint density at radius 3 is 2.50 bits per heavy atom. The van der Waals surface area contributed by atoms with Crippen LogP contribution in [0.2, 0.25) is 10.0 Å². The predicted molar refractivity (Wildman–Crippen MR) is 106 cm³/mol. The lowest BCUT2D eigenvalue weighted by atomic mass is 10.1. The first-order valence-electron chi connectivity index (χ1n) is 8.36. The van der Waals surface area contributed by atoms with Crippen LogP contribution in [0.5, 0.6) is 0 Å². The third-order valence-electron chi connectivity index (χ3n) is 4.60. The lowest BCUT2D eigenvalue weighted by Gasteiger charge is -2.29. The van der Waals surface area contributed by atoms with Crippen LogP contribution in [0.3, 0.4) is 0 Å². The highest BCUT2D eigenvalue weighted by Crippen LogP contribution is 2.29. The zero-order valence-electron chi connectivity index (χ0n) is 14.5. The molecule has 3 rings (SSSR count). The summed E-state index contributed by atoms with van der Waals surface area (Å²) in [4.78, 5) is 25.1. The number of nitro benzene ring substituents is 1. The van der Waals surface area contributed by atoms with Crippen molar-refractivity contribution in [2.24, 2.45) is 0 Å². The number of nitrogens with zero attached hydrogens (tertiary/aromatic N) is 2. The Bertz CT molecular complexity index is 1040. The highest BCUT2D eigenvalue weighted by molar-refractivity contribution is 7.91. The molecule has 2 aromatic carbocycles. The first kappa shape index (κ1) is 20.6. The smallest absolute Gasteiger partial charge is 0.288 e. The van der Waals surface area contributed by atoms with E-state index in [9.17, 15) is 23.3 Å². The van der Waals surface area contributed by atoms with Crippen LogP contribution < -0.4 is 0 Å². The molecule has 1 atom stereocenters. The molecule has 7 nitrogen and oxygen atoms in total. The molecule has 0 saturated carbocycles. The number of nitro groups is 1. The summed E-state index contributed by atoms with van der Waals surface area (Å²) in [6, 6.07) is 10.2. The summed E-state index contributed by atoms with van der Waals surface area (Å²) in [6.45, 7) is 0.0924. The summed E-state index contributed by atoms with van der Waals surface area (Å²) < 4.78 is 23.9. The van der Waals surface area contributed by atoms with Gasteiger partial charge in [0.25, 0.3) is 11.6 Å². The molecule has 0 N–H and O–H groups in total. The van der Waals surface area contributed by atoms with Crippen LogP contribution in [-0.2, 0) is 16.4 Å². The van der Waals surface area contributed by atoms with Crippen molar-refractivity contribution >= 4 is 44.6 Å². The van der Waals surface area contributed by atoms with Crippen molar-refractivity contribution in [3.8, 4) is 0 Å². The van der Waals surface area contributed by atoms with Crippen molar-refractivity contribution < 1.29 is 18.1 Å². The molecule has 0 aliphatic carbocycles. The van der Waals surface area contributed by atoms with Crippen molar-refractivity contribution in [2.45, 2.75) is 19.0 Å². The Morgan fingerprint density at radius 2 is 1.89 bits per heavy atom. The summed E-state index contributed by atoms with van der Waals surface area (Å²) in [6.07, 6.45) is 0.300. The van der Waals surface area contributed by atoms with Gasteiger partial charge in [0.15, 0.2) is 9.84 Å². The minimum atomic E-state index is -3.24. The molecule has 0 unspecified atom stereocenters. The Kier molecular flexibility index (Phi) is 5.92. The van der Waals surface area contributed by atoms with Gasteiger partial charge in [0.2, 0.25) is 0 Å². The zero-order valence-corrected chi connectivity index (χ0v) is 16.9. The fourth-order valence-corrected chi connectivity index (χ4v) is 5.26. The molecule has 10 heteroatoms. The molecule has 1 aliphatic rings. The predicted octanol–water partition coefficient (Wildman–Crippen LogP) is 3.73. The molecule has 148 valence electrons. The number of hydrogen-bond acceptors (Lipinski definition) is 5. The first-order valence-corrected chi connectivity index (χ1v) is 10.9. The standard InChI is InChI=1S/C18H16Cl2N2O5S/c19-15-4-2-1-3-13(15)10-21(14-7-8-28(26,27)11-14)18(23)12-5-6-16(20)17(9-12)22(24)25/h1-6,9,14H,7-8,10-11H2/t14-/m1/s1. The van der Waals surface area contributed by atoms with E-state index in [-0.39, 0.29) is 34.3 Å². The van der Waals surface area contributed by atoms with Crippen molar-refractivity contribution in [3.05, 3.63) is 73.8 Å². The molecule has 0 spiro atoms. The average Bonchev–Trinajstić information content (AvgIpc) is 3.00. The fourth-order valence-electron chi connectivity index (χ4n) is 3.15. The van der Waals surface area contributed by atoms with E-state index in [1.54, 1.807) is 24.3 Å². The maximum absolute atomic E-state index is 13.2. The molecule has 1 aliphatic heterocycles. The van der Waals surface area contributed by atoms with Crippen LogP contribution in [0, 0.1) is 10.1 Å². The molecule has 0 radical (unpaired) electrons. The summed E-state index contributed by atoms with van der Waals surface area (Å²) >= 11 is 12.0. The van der Waals surface area contributed by atoms with E-state index in [0.717, 1.165) is 6.07 Å². The minimum Gasteiger partial charge on any atom is -0.330 e. The molecule has 2 aromatic rings. The fraction of sp³-hybridized carbons (Fsp3) is 0.278. The van der Waals surface area contributed by atoms with E-state index in [1.807, 2.05) is 0 Å². The number of benzene rings is 2. The van der Waals surface area contributed by atoms with Crippen LogP contribution in [0.15, 0.2) is 42.5 Å². The van der Waals surface area contributed by atoms with Gasteiger partial charge in [-0.25, -0.2) is 8.42 Å². The number of hydrogen-bond donors (Lipinski definition) is 0. The van der Waals surface area contributed by atoms with Crippen molar-refractivity contribution in [1.82, 2.24) is 4.90 Å². The van der Waals surface area contributed by atoms with Crippen LogP contribution in [0.4, 0.5) is 5.69 Å². The van der Waals surface area contributed by atoms with E-state index < -0.39 is 26.7 Å². The van der Waals surface area contributed by atoms with Gasteiger partial charge in [-0.05, 0) is 30.2 Å². The van der Waals surface area contributed by atoms with Gasteiger partial charge in [-0.1, -0.05) is 41.4 Å². The second-order valence-electron chi connectivity index (χ2n) is 6.50. The van der Waals surface area contributed by atoms with E-state index in [1.165, 1.54) is 17.0 Å². The number of sulfone groups is 1. The molecule has 1 fully saturated rings. The number of rotatable bonds is 5. The average molecular weight is 443 g/mol. The van der Waals surface area contributed by atoms with Crippen molar-refractivity contribution in [3.63, 3.8) is 0 Å². The van der Waals surface area contributed by atoms with Gasteiger partial charge in [0.05, 0.1) is 16.4 Å². The quantitative estimate of drug-likeness (QED) is 0.518. The highest BCUT2D eigenvalue weighted by atomic mass is 35.5. The molecule has 1 amide bonds. The zero-order chi connectivity index (χ0) is 20.5. The van der Waals surface area contributed by atoms with Gasteiger partial charge in [-0.3, -0.25) is 14.9 Å². The number of carbonyl (C=O) groups is 1. The van der Waals surface area contributed by atoms with Gasteiger partial charge < -0.3 is 4.90 Å². The summed E-state index contributed by atoms with van der Waals surface area (Å²) in [7, 11) is -3.24. The second-order valence-corrected chi connectivity index (χ2v) is 9.55. The van der Waals surface area contributed by atoms with E-state index in [0.29, 0.717) is 17.0 Å². The van der Waals surface area contributed by atoms with E-state index >= 15 is 0 Å². The Labute approximate surface area is 171 Å². The van der Waals surface area contributed by atoms with Gasteiger partial charge in [0, 0.05) is 29.2 Å².